The Morgan fingerprint density at radius 1 is 0.871 bits per heavy atom. The van der Waals surface area contributed by atoms with Crippen molar-refractivity contribution in [3.8, 4) is 0 Å². The Hall–Kier alpha value is -3.70. The van der Waals surface area contributed by atoms with Crippen LogP contribution in [0.15, 0.2) is 96.2 Å². The number of fused-ring (bicyclic) bond motifs is 2. The molecule has 0 aliphatic carbocycles. The van der Waals surface area contributed by atoms with Crippen LogP contribution in [-0.2, 0) is 4.79 Å². The summed E-state index contributed by atoms with van der Waals surface area (Å²) in [5.74, 6) is -0.159. The third kappa shape index (κ3) is 3.53. The Balaban J connectivity index is 1.72. The fourth-order valence-corrected chi connectivity index (χ4v) is 4.56. The predicted octanol–water partition coefficient (Wildman–Crippen LogP) is 5.42. The lowest BCUT2D eigenvalue weighted by atomic mass is 9.87. The molecular formula is C26H21N3OS. The molecule has 3 N–H and O–H groups in total. The van der Waals surface area contributed by atoms with Crippen molar-refractivity contribution < 1.29 is 4.79 Å². The van der Waals surface area contributed by atoms with Crippen molar-refractivity contribution >= 4 is 50.5 Å². The average molecular weight is 424 g/mol. The second-order valence-corrected chi connectivity index (χ2v) is 8.03. The number of benzene rings is 4. The molecular weight excluding hydrogens is 402 g/mol. The van der Waals surface area contributed by atoms with Crippen LogP contribution >= 0.6 is 12.2 Å². The van der Waals surface area contributed by atoms with Gasteiger partial charge in [0.25, 0.3) is 5.91 Å². The highest BCUT2D eigenvalue weighted by atomic mass is 32.1. The normalized spacial score (nSPS) is 16.2. The van der Waals surface area contributed by atoms with Crippen LogP contribution < -0.4 is 16.0 Å². The third-order valence-corrected chi connectivity index (χ3v) is 5.87. The molecule has 1 aliphatic heterocycles. The number of thiocarbonyl (C=S) groups is 1. The van der Waals surface area contributed by atoms with Crippen molar-refractivity contribution in [2.75, 3.05) is 5.32 Å². The van der Waals surface area contributed by atoms with Crippen LogP contribution in [0.25, 0.3) is 21.5 Å². The summed E-state index contributed by atoms with van der Waals surface area (Å²) in [6, 6.07) is 27.8. The van der Waals surface area contributed by atoms with E-state index in [4.69, 9.17) is 12.2 Å². The zero-order valence-corrected chi connectivity index (χ0v) is 17.8. The summed E-state index contributed by atoms with van der Waals surface area (Å²) in [5, 5.41) is 14.5. The van der Waals surface area contributed by atoms with Gasteiger partial charge >= 0.3 is 0 Å². The van der Waals surface area contributed by atoms with E-state index in [-0.39, 0.29) is 11.9 Å². The summed E-state index contributed by atoms with van der Waals surface area (Å²) in [4.78, 5) is 13.4. The first kappa shape index (κ1) is 19.3. The third-order valence-electron chi connectivity index (χ3n) is 5.65. The fraction of sp³-hybridized carbons (Fsp3) is 0.0769. The maximum atomic E-state index is 13.4. The molecule has 0 aromatic heterocycles. The molecule has 0 saturated carbocycles. The van der Waals surface area contributed by atoms with E-state index in [0.29, 0.717) is 10.7 Å². The summed E-state index contributed by atoms with van der Waals surface area (Å²) in [5.41, 5.74) is 3.18. The quantitative estimate of drug-likeness (QED) is 0.304. The molecule has 1 aliphatic rings. The summed E-state index contributed by atoms with van der Waals surface area (Å²) in [7, 11) is 0. The number of anilines is 1. The number of carbonyl (C=O) groups excluding carboxylic acids is 1. The van der Waals surface area contributed by atoms with Gasteiger partial charge in [-0.3, -0.25) is 4.79 Å². The van der Waals surface area contributed by atoms with Crippen LogP contribution in [0.1, 0.15) is 18.5 Å². The topological polar surface area (TPSA) is 53.2 Å². The highest BCUT2D eigenvalue weighted by Gasteiger charge is 2.32. The van der Waals surface area contributed by atoms with E-state index in [1.165, 1.54) is 0 Å². The molecule has 4 nitrogen and oxygen atoms in total. The van der Waals surface area contributed by atoms with Crippen molar-refractivity contribution in [3.63, 3.8) is 0 Å². The highest BCUT2D eigenvalue weighted by Crippen LogP contribution is 2.38. The second-order valence-electron chi connectivity index (χ2n) is 7.62. The number of rotatable bonds is 3. The first-order valence-corrected chi connectivity index (χ1v) is 10.6. The van der Waals surface area contributed by atoms with Crippen LogP contribution in [0, 0.1) is 0 Å². The Kier molecular flexibility index (Phi) is 4.88. The predicted molar refractivity (Wildman–Crippen MR) is 131 cm³/mol. The molecule has 0 unspecified atom stereocenters. The molecule has 1 heterocycles. The molecule has 5 heteroatoms. The van der Waals surface area contributed by atoms with Crippen LogP contribution in [0.2, 0.25) is 0 Å². The molecule has 5 rings (SSSR count). The van der Waals surface area contributed by atoms with Crippen molar-refractivity contribution in [2.45, 2.75) is 13.0 Å². The Morgan fingerprint density at radius 3 is 2.10 bits per heavy atom. The van der Waals surface area contributed by atoms with Gasteiger partial charge < -0.3 is 16.0 Å². The van der Waals surface area contributed by atoms with Gasteiger partial charge in [-0.15, -0.1) is 0 Å². The first-order chi connectivity index (χ1) is 15.1. The number of carbonyl (C=O) groups is 1. The van der Waals surface area contributed by atoms with Crippen molar-refractivity contribution in [1.29, 1.82) is 0 Å². The molecule has 4 aromatic carbocycles. The monoisotopic (exact) mass is 423 g/mol. The zero-order chi connectivity index (χ0) is 21.4. The maximum absolute atomic E-state index is 13.4. The maximum Gasteiger partial charge on any atom is 0.255 e. The van der Waals surface area contributed by atoms with Crippen LogP contribution in [0.4, 0.5) is 5.69 Å². The molecule has 1 atom stereocenters. The van der Waals surface area contributed by atoms with Gasteiger partial charge in [0.15, 0.2) is 5.11 Å². The molecule has 31 heavy (non-hydrogen) atoms. The van der Waals surface area contributed by atoms with Crippen LogP contribution in [-0.4, -0.2) is 11.0 Å². The molecule has 4 aromatic rings. The van der Waals surface area contributed by atoms with Crippen molar-refractivity contribution in [3.05, 3.63) is 102 Å². The summed E-state index contributed by atoms with van der Waals surface area (Å²) >= 11 is 5.49. The number of nitrogens with one attached hydrogen (secondary N) is 3. The lowest BCUT2D eigenvalue weighted by Gasteiger charge is -2.32. The van der Waals surface area contributed by atoms with E-state index < -0.39 is 0 Å². The van der Waals surface area contributed by atoms with Gasteiger partial charge in [-0.05, 0) is 64.4 Å². The van der Waals surface area contributed by atoms with Gasteiger partial charge in [-0.2, -0.15) is 0 Å². The molecule has 0 spiro atoms. The van der Waals surface area contributed by atoms with E-state index >= 15 is 0 Å². The van der Waals surface area contributed by atoms with Gasteiger partial charge in [0.1, 0.15) is 0 Å². The highest BCUT2D eigenvalue weighted by molar-refractivity contribution is 7.80. The van der Waals surface area contributed by atoms with E-state index in [1.54, 1.807) is 0 Å². The Bertz CT molecular complexity index is 1310. The van der Waals surface area contributed by atoms with E-state index in [1.807, 2.05) is 61.5 Å². The number of para-hydroxylation sites is 1. The van der Waals surface area contributed by atoms with Gasteiger partial charge in [-0.25, -0.2) is 0 Å². The van der Waals surface area contributed by atoms with Crippen LogP contribution in [0.3, 0.4) is 0 Å². The Morgan fingerprint density at radius 2 is 1.45 bits per heavy atom. The molecule has 0 radical (unpaired) electrons. The molecule has 0 fully saturated rings. The lowest BCUT2D eigenvalue weighted by Crippen LogP contribution is -2.45. The summed E-state index contributed by atoms with van der Waals surface area (Å²) in [6.45, 7) is 1.90. The zero-order valence-electron chi connectivity index (χ0n) is 17.0. The fourth-order valence-electron chi connectivity index (χ4n) is 4.29. The first-order valence-electron chi connectivity index (χ1n) is 10.2. The number of allylic oxidation sites excluding steroid dienone is 1. The van der Waals surface area contributed by atoms with Crippen molar-refractivity contribution in [1.82, 2.24) is 10.6 Å². The summed E-state index contributed by atoms with van der Waals surface area (Å²) in [6.07, 6.45) is 0. The smallest absolute Gasteiger partial charge is 0.255 e. The van der Waals surface area contributed by atoms with Gasteiger partial charge in [0.2, 0.25) is 0 Å². The minimum Gasteiger partial charge on any atom is -0.351 e. The number of amides is 1. The largest absolute Gasteiger partial charge is 0.351 e. The van der Waals surface area contributed by atoms with Gasteiger partial charge in [0, 0.05) is 11.4 Å². The van der Waals surface area contributed by atoms with Crippen LogP contribution in [0.5, 0.6) is 0 Å². The molecule has 0 saturated heterocycles. The van der Waals surface area contributed by atoms with Gasteiger partial charge in [0.05, 0.1) is 11.6 Å². The second kappa shape index (κ2) is 7.85. The average Bonchev–Trinajstić information content (AvgIpc) is 2.77. The minimum atomic E-state index is -0.381. The molecule has 0 bridgehead atoms. The van der Waals surface area contributed by atoms with E-state index in [0.717, 1.165) is 38.5 Å². The van der Waals surface area contributed by atoms with E-state index in [2.05, 4.69) is 46.3 Å². The molecule has 1 amide bonds. The standard InChI is InChI=1S/C26H21N3OS/c1-16-22(25(30)28-19-11-3-2-4-12-19)24(29-26(31)27-16)23-20-13-7-5-9-17(20)15-18-10-6-8-14-21(18)23/h2-15,24H,1H3,(H,28,30)(H2,27,29,31)/t24-/m0/s1. The SMILES string of the molecule is CC1=C(C(=O)Nc2ccccc2)[C@@H](c2c3ccccc3cc3ccccc23)NC(=S)N1. The lowest BCUT2D eigenvalue weighted by molar-refractivity contribution is -0.113. The van der Waals surface area contributed by atoms with Crippen molar-refractivity contribution in [2.24, 2.45) is 0 Å². The minimum absolute atomic E-state index is 0.159. The summed E-state index contributed by atoms with van der Waals surface area (Å²) < 4.78 is 0. The Labute approximate surface area is 186 Å². The van der Waals surface area contributed by atoms with E-state index in [9.17, 15) is 4.79 Å². The van der Waals surface area contributed by atoms with Gasteiger partial charge in [-0.1, -0.05) is 66.7 Å². The number of hydrogen-bond donors (Lipinski definition) is 3. The number of hydrogen-bond acceptors (Lipinski definition) is 2. The molecule has 152 valence electrons.